The van der Waals surface area contributed by atoms with Gasteiger partial charge < -0.3 is 19.8 Å². The number of carbonyl (C=O) groups is 1. The quantitative estimate of drug-likeness (QED) is 0.516. The van der Waals surface area contributed by atoms with Crippen molar-refractivity contribution < 1.29 is 14.3 Å². The Hall–Kier alpha value is -2.47. The number of amides is 1. The highest BCUT2D eigenvalue weighted by Gasteiger charge is 2.51. The summed E-state index contributed by atoms with van der Waals surface area (Å²) < 4.78 is 12.8. The third-order valence-corrected chi connectivity index (χ3v) is 6.41. The zero-order chi connectivity index (χ0) is 20.2. The summed E-state index contributed by atoms with van der Waals surface area (Å²) in [5.41, 5.74) is 2.33. The van der Waals surface area contributed by atoms with Gasteiger partial charge in [-0.2, -0.15) is 0 Å². The molecule has 150 valence electrons. The van der Waals surface area contributed by atoms with Crippen LogP contribution in [0.3, 0.4) is 0 Å². The van der Waals surface area contributed by atoms with Crippen LogP contribution in [0.15, 0.2) is 47.1 Å². The lowest BCUT2D eigenvalue weighted by molar-refractivity contribution is -0.118. The number of rotatable bonds is 5. The molecule has 1 atom stereocenters. The van der Waals surface area contributed by atoms with Gasteiger partial charge in [0.25, 0.3) is 0 Å². The number of hydrogen-bond donors (Lipinski definition) is 2. The summed E-state index contributed by atoms with van der Waals surface area (Å²) in [6.45, 7) is 4.29. The van der Waals surface area contributed by atoms with Crippen molar-refractivity contribution in [3.8, 4) is 11.5 Å². The number of benzene rings is 2. The number of fused-ring (bicyclic) bond motifs is 2. The molecule has 1 saturated carbocycles. The second kappa shape index (κ2) is 6.80. The van der Waals surface area contributed by atoms with Gasteiger partial charge in [0.1, 0.15) is 0 Å². The first-order chi connectivity index (χ1) is 13.9. The number of carbonyl (C=O) groups excluding carboxylic acids is 1. The minimum Gasteiger partial charge on any atom is -0.451 e. The number of nitrogens with one attached hydrogen (secondary N) is 2. The van der Waals surface area contributed by atoms with Crippen molar-refractivity contribution in [1.29, 1.82) is 0 Å². The van der Waals surface area contributed by atoms with Gasteiger partial charge in [-0.15, -0.1) is 0 Å². The number of aromatic amines is 1. The van der Waals surface area contributed by atoms with Crippen LogP contribution in [0, 0.1) is 5.92 Å². The first kappa shape index (κ1) is 18.6. The Bertz CT molecular complexity index is 1100. The van der Waals surface area contributed by atoms with Crippen molar-refractivity contribution >= 4 is 38.4 Å². The number of halogens is 1. The first-order valence-corrected chi connectivity index (χ1v) is 10.8. The Kier molecular flexibility index (Phi) is 4.35. The van der Waals surface area contributed by atoms with Crippen molar-refractivity contribution in [1.82, 2.24) is 4.98 Å². The molecule has 3 aromatic rings. The van der Waals surface area contributed by atoms with Gasteiger partial charge in [-0.05, 0) is 70.6 Å². The second-order valence-corrected chi connectivity index (χ2v) is 9.24. The molecule has 2 aromatic carbocycles. The van der Waals surface area contributed by atoms with Crippen LogP contribution in [0.25, 0.3) is 10.9 Å². The molecule has 6 heteroatoms. The number of ether oxygens (including phenoxy) is 2. The van der Waals surface area contributed by atoms with Crippen molar-refractivity contribution in [3.63, 3.8) is 0 Å². The third kappa shape index (κ3) is 3.29. The van der Waals surface area contributed by atoms with Gasteiger partial charge >= 0.3 is 0 Å². The van der Waals surface area contributed by atoms with Crippen LogP contribution in [0.4, 0.5) is 5.69 Å². The van der Waals surface area contributed by atoms with Gasteiger partial charge in [-0.1, -0.05) is 19.9 Å². The van der Waals surface area contributed by atoms with E-state index in [2.05, 4.69) is 40.1 Å². The van der Waals surface area contributed by atoms with E-state index in [4.69, 9.17) is 9.47 Å². The number of hydrogen-bond acceptors (Lipinski definition) is 3. The standard InChI is InChI=1S/C23H23BrN2O3/c1-13(2)9-21-28-19-6-3-14(10-20(19)29-21)23(7-8-23)22(27)26-15-4-5-18-16(11-15)17(24)12-25-18/h3-6,10-13,21,25H,7-9H2,1-2H3,(H,26,27). The molecule has 5 nitrogen and oxygen atoms in total. The van der Waals surface area contributed by atoms with Crippen LogP contribution in [-0.2, 0) is 10.2 Å². The fourth-order valence-corrected chi connectivity index (χ4v) is 4.41. The van der Waals surface area contributed by atoms with Crippen LogP contribution in [-0.4, -0.2) is 17.2 Å². The monoisotopic (exact) mass is 454 g/mol. The van der Waals surface area contributed by atoms with Gasteiger partial charge in [0.15, 0.2) is 11.5 Å². The van der Waals surface area contributed by atoms with Gasteiger partial charge in [0.05, 0.1) is 5.41 Å². The van der Waals surface area contributed by atoms with Crippen molar-refractivity contribution in [2.24, 2.45) is 5.92 Å². The summed E-state index contributed by atoms with van der Waals surface area (Å²) in [5.74, 6) is 2.02. The van der Waals surface area contributed by atoms with Crippen LogP contribution < -0.4 is 14.8 Å². The predicted molar refractivity (Wildman–Crippen MR) is 116 cm³/mol. The van der Waals surface area contributed by atoms with E-state index in [-0.39, 0.29) is 12.2 Å². The molecule has 1 aromatic heterocycles. The lowest BCUT2D eigenvalue weighted by Crippen LogP contribution is -2.27. The highest BCUT2D eigenvalue weighted by molar-refractivity contribution is 9.10. The molecule has 0 bridgehead atoms. The molecule has 1 aliphatic carbocycles. The molecule has 1 amide bonds. The number of aromatic nitrogens is 1. The maximum atomic E-state index is 13.2. The molecule has 5 rings (SSSR count). The van der Waals surface area contributed by atoms with E-state index >= 15 is 0 Å². The third-order valence-electron chi connectivity index (χ3n) is 5.75. The van der Waals surface area contributed by atoms with Crippen molar-refractivity contribution in [2.75, 3.05) is 5.32 Å². The summed E-state index contributed by atoms with van der Waals surface area (Å²) in [5, 5.41) is 4.16. The van der Waals surface area contributed by atoms with E-state index in [1.807, 2.05) is 42.6 Å². The lowest BCUT2D eigenvalue weighted by Gasteiger charge is -2.16. The van der Waals surface area contributed by atoms with E-state index < -0.39 is 5.41 Å². The molecule has 1 aliphatic heterocycles. The summed E-state index contributed by atoms with van der Waals surface area (Å²) >= 11 is 3.53. The summed E-state index contributed by atoms with van der Waals surface area (Å²) in [6, 6.07) is 11.8. The second-order valence-electron chi connectivity index (χ2n) is 8.39. The van der Waals surface area contributed by atoms with Crippen LogP contribution in [0.1, 0.15) is 38.7 Å². The fourth-order valence-electron chi connectivity index (χ4n) is 3.97. The maximum Gasteiger partial charge on any atom is 0.241 e. The molecule has 29 heavy (non-hydrogen) atoms. The zero-order valence-electron chi connectivity index (χ0n) is 16.4. The Labute approximate surface area is 177 Å². The number of anilines is 1. The molecular formula is C23H23BrN2O3. The molecule has 0 saturated heterocycles. The highest BCUT2D eigenvalue weighted by atomic mass is 79.9. The van der Waals surface area contributed by atoms with Crippen LogP contribution >= 0.6 is 15.9 Å². The Balaban J connectivity index is 1.36. The topological polar surface area (TPSA) is 63.3 Å². The summed E-state index contributed by atoms with van der Waals surface area (Å²) in [7, 11) is 0. The average Bonchev–Trinajstić information content (AvgIpc) is 3.29. The predicted octanol–water partition coefficient (Wildman–Crippen LogP) is 5.74. The van der Waals surface area contributed by atoms with Crippen LogP contribution in [0.2, 0.25) is 0 Å². The highest BCUT2D eigenvalue weighted by Crippen LogP contribution is 2.51. The molecule has 2 N–H and O–H groups in total. The van der Waals surface area contributed by atoms with Gasteiger partial charge in [0.2, 0.25) is 12.2 Å². The van der Waals surface area contributed by atoms with E-state index in [1.165, 1.54) is 0 Å². The molecule has 2 aliphatic rings. The van der Waals surface area contributed by atoms with Gasteiger partial charge in [0, 0.05) is 33.7 Å². The maximum absolute atomic E-state index is 13.2. The normalized spacial score (nSPS) is 19.0. The largest absolute Gasteiger partial charge is 0.451 e. The van der Waals surface area contributed by atoms with E-state index in [1.54, 1.807) is 0 Å². The molecule has 1 unspecified atom stereocenters. The van der Waals surface area contributed by atoms with Gasteiger partial charge in [-0.25, -0.2) is 0 Å². The molecule has 0 radical (unpaired) electrons. The Morgan fingerprint density at radius 3 is 2.76 bits per heavy atom. The minimum atomic E-state index is -0.487. The average molecular weight is 455 g/mol. The first-order valence-electron chi connectivity index (χ1n) is 10.0. The molecular weight excluding hydrogens is 432 g/mol. The van der Waals surface area contributed by atoms with Crippen molar-refractivity contribution in [2.45, 2.75) is 44.8 Å². The smallest absolute Gasteiger partial charge is 0.241 e. The van der Waals surface area contributed by atoms with Crippen LogP contribution in [0.5, 0.6) is 11.5 Å². The van der Waals surface area contributed by atoms with E-state index in [9.17, 15) is 4.79 Å². The fraction of sp³-hybridized carbons (Fsp3) is 0.348. The Morgan fingerprint density at radius 2 is 2.00 bits per heavy atom. The number of H-pyrrole nitrogens is 1. The molecule has 1 fully saturated rings. The summed E-state index contributed by atoms with van der Waals surface area (Å²) in [4.78, 5) is 16.4. The minimum absolute atomic E-state index is 0.0288. The van der Waals surface area contributed by atoms with E-state index in [0.29, 0.717) is 5.92 Å². The zero-order valence-corrected chi connectivity index (χ0v) is 18.0. The van der Waals surface area contributed by atoms with E-state index in [0.717, 1.165) is 57.4 Å². The lowest BCUT2D eigenvalue weighted by atomic mass is 9.94. The summed E-state index contributed by atoms with van der Waals surface area (Å²) in [6.07, 6.45) is 4.18. The Morgan fingerprint density at radius 1 is 1.21 bits per heavy atom. The van der Waals surface area contributed by atoms with Gasteiger partial charge in [-0.3, -0.25) is 4.79 Å². The molecule has 0 spiro atoms. The van der Waals surface area contributed by atoms with Crippen molar-refractivity contribution in [3.05, 3.63) is 52.6 Å². The SMILES string of the molecule is CC(C)CC1Oc2ccc(C3(C(=O)Nc4ccc5[nH]cc(Br)c5c4)CC3)cc2O1. The molecule has 2 heterocycles.